The summed E-state index contributed by atoms with van der Waals surface area (Å²) in [5.74, 6) is 0.704. The number of carbonyl (C=O) groups excluding carboxylic acids is 2. The van der Waals surface area contributed by atoms with E-state index in [1.54, 1.807) is 37.4 Å². The number of anilines is 2. The van der Waals surface area contributed by atoms with Crippen molar-refractivity contribution < 1.29 is 19.1 Å². The Bertz CT molecular complexity index is 731. The molecule has 6 nitrogen and oxygen atoms in total. The molecule has 6 heteroatoms. The van der Waals surface area contributed by atoms with Crippen LogP contribution in [0.3, 0.4) is 0 Å². The number of amides is 2. The maximum atomic E-state index is 12.1. The van der Waals surface area contributed by atoms with Crippen LogP contribution in [0.2, 0.25) is 0 Å². The van der Waals surface area contributed by atoms with E-state index in [1.807, 2.05) is 18.2 Å². The SMILES string of the molecule is CN1C(=O)COc2cccc(NC(=O)COc3ccccc3)c21. The Morgan fingerprint density at radius 1 is 1.22 bits per heavy atom. The van der Waals surface area contributed by atoms with Crippen LogP contribution in [-0.2, 0) is 9.59 Å². The van der Waals surface area contributed by atoms with Crippen molar-refractivity contribution in [2.75, 3.05) is 30.5 Å². The Morgan fingerprint density at radius 2 is 2.00 bits per heavy atom. The van der Waals surface area contributed by atoms with Crippen molar-refractivity contribution >= 4 is 23.2 Å². The van der Waals surface area contributed by atoms with Crippen molar-refractivity contribution in [3.63, 3.8) is 0 Å². The van der Waals surface area contributed by atoms with E-state index in [0.29, 0.717) is 22.9 Å². The third kappa shape index (κ3) is 3.26. The summed E-state index contributed by atoms with van der Waals surface area (Å²) in [5.41, 5.74) is 1.07. The summed E-state index contributed by atoms with van der Waals surface area (Å²) in [7, 11) is 1.65. The quantitative estimate of drug-likeness (QED) is 0.938. The van der Waals surface area contributed by atoms with Crippen molar-refractivity contribution in [3.05, 3.63) is 48.5 Å². The summed E-state index contributed by atoms with van der Waals surface area (Å²) in [6.45, 7) is -0.121. The van der Waals surface area contributed by atoms with Gasteiger partial charge in [0, 0.05) is 7.05 Å². The first-order chi connectivity index (χ1) is 11.1. The molecule has 1 N–H and O–H groups in total. The van der Waals surface area contributed by atoms with Gasteiger partial charge in [-0.15, -0.1) is 0 Å². The Balaban J connectivity index is 1.71. The van der Waals surface area contributed by atoms with E-state index in [0.717, 1.165) is 0 Å². The van der Waals surface area contributed by atoms with Gasteiger partial charge in [0.25, 0.3) is 11.8 Å². The molecule has 0 spiro atoms. The lowest BCUT2D eigenvalue weighted by molar-refractivity contribution is -0.121. The minimum atomic E-state index is -0.311. The van der Waals surface area contributed by atoms with Crippen LogP contribution in [0.25, 0.3) is 0 Å². The number of rotatable bonds is 4. The highest BCUT2D eigenvalue weighted by Crippen LogP contribution is 2.37. The van der Waals surface area contributed by atoms with Gasteiger partial charge in [0.1, 0.15) is 17.2 Å². The number of nitrogens with one attached hydrogen (secondary N) is 1. The van der Waals surface area contributed by atoms with E-state index in [1.165, 1.54) is 4.90 Å². The number of benzene rings is 2. The Labute approximate surface area is 133 Å². The molecule has 2 amide bonds. The molecular formula is C17H16N2O4. The van der Waals surface area contributed by atoms with Crippen molar-refractivity contribution in [1.29, 1.82) is 0 Å². The molecule has 0 saturated carbocycles. The highest BCUT2D eigenvalue weighted by Gasteiger charge is 2.25. The van der Waals surface area contributed by atoms with Crippen molar-refractivity contribution in [2.45, 2.75) is 0 Å². The Hall–Kier alpha value is -3.02. The van der Waals surface area contributed by atoms with Crippen LogP contribution in [0.1, 0.15) is 0 Å². The van der Waals surface area contributed by atoms with E-state index in [2.05, 4.69) is 5.32 Å². The average Bonchev–Trinajstić information content (AvgIpc) is 2.57. The molecule has 3 rings (SSSR count). The van der Waals surface area contributed by atoms with E-state index in [9.17, 15) is 9.59 Å². The van der Waals surface area contributed by atoms with Gasteiger partial charge in [0.15, 0.2) is 13.2 Å². The van der Waals surface area contributed by atoms with Crippen LogP contribution in [0.5, 0.6) is 11.5 Å². The fraction of sp³-hybridized carbons (Fsp3) is 0.176. The molecule has 1 aliphatic rings. The zero-order chi connectivity index (χ0) is 16.2. The highest BCUT2D eigenvalue weighted by molar-refractivity contribution is 6.04. The third-order valence-corrected chi connectivity index (χ3v) is 3.45. The number of fused-ring (bicyclic) bond motifs is 1. The second-order valence-electron chi connectivity index (χ2n) is 5.04. The van der Waals surface area contributed by atoms with Crippen LogP contribution >= 0.6 is 0 Å². The largest absolute Gasteiger partial charge is 0.484 e. The number of likely N-dealkylation sites (N-methyl/N-ethyl adjacent to an activating group) is 1. The molecule has 0 saturated heterocycles. The normalized spacial score (nSPS) is 13.1. The molecule has 2 aromatic carbocycles. The van der Waals surface area contributed by atoms with Gasteiger partial charge < -0.3 is 19.7 Å². The molecule has 0 fully saturated rings. The lowest BCUT2D eigenvalue weighted by atomic mass is 10.2. The van der Waals surface area contributed by atoms with Crippen molar-refractivity contribution in [3.8, 4) is 11.5 Å². The van der Waals surface area contributed by atoms with Crippen LogP contribution in [0.15, 0.2) is 48.5 Å². The van der Waals surface area contributed by atoms with Crippen LogP contribution in [-0.4, -0.2) is 32.1 Å². The molecule has 0 aromatic heterocycles. The van der Waals surface area contributed by atoms with Gasteiger partial charge in [-0.2, -0.15) is 0 Å². The first kappa shape index (κ1) is 14.9. The summed E-state index contributed by atoms with van der Waals surface area (Å²) in [5, 5.41) is 2.75. The number of para-hydroxylation sites is 2. The number of ether oxygens (including phenoxy) is 2. The molecule has 118 valence electrons. The van der Waals surface area contributed by atoms with E-state index in [4.69, 9.17) is 9.47 Å². The van der Waals surface area contributed by atoms with Crippen molar-refractivity contribution in [2.24, 2.45) is 0 Å². The van der Waals surface area contributed by atoms with E-state index >= 15 is 0 Å². The van der Waals surface area contributed by atoms with Crippen LogP contribution in [0, 0.1) is 0 Å². The van der Waals surface area contributed by atoms with Gasteiger partial charge in [-0.3, -0.25) is 9.59 Å². The number of hydrogen-bond donors (Lipinski definition) is 1. The second-order valence-corrected chi connectivity index (χ2v) is 5.04. The molecule has 23 heavy (non-hydrogen) atoms. The fourth-order valence-electron chi connectivity index (χ4n) is 2.30. The zero-order valence-electron chi connectivity index (χ0n) is 12.6. The molecule has 1 aliphatic heterocycles. The van der Waals surface area contributed by atoms with E-state index in [-0.39, 0.29) is 25.0 Å². The van der Waals surface area contributed by atoms with Gasteiger partial charge in [-0.1, -0.05) is 24.3 Å². The summed E-state index contributed by atoms with van der Waals surface area (Å²) in [4.78, 5) is 25.3. The van der Waals surface area contributed by atoms with Gasteiger partial charge >= 0.3 is 0 Å². The van der Waals surface area contributed by atoms with Gasteiger partial charge in [0.05, 0.1) is 5.69 Å². The maximum Gasteiger partial charge on any atom is 0.264 e. The smallest absolute Gasteiger partial charge is 0.264 e. The summed E-state index contributed by atoms with van der Waals surface area (Å²) in [6.07, 6.45) is 0. The average molecular weight is 312 g/mol. The Kier molecular flexibility index (Phi) is 4.14. The summed E-state index contributed by atoms with van der Waals surface area (Å²) < 4.78 is 10.8. The summed E-state index contributed by atoms with van der Waals surface area (Å²) in [6, 6.07) is 14.3. The molecular weight excluding hydrogens is 296 g/mol. The molecule has 0 unspecified atom stereocenters. The molecule has 1 heterocycles. The monoisotopic (exact) mass is 312 g/mol. The van der Waals surface area contributed by atoms with Gasteiger partial charge in [0.2, 0.25) is 0 Å². The molecule has 0 radical (unpaired) electrons. The number of nitrogens with zero attached hydrogens (tertiary/aromatic N) is 1. The molecule has 0 aliphatic carbocycles. The fourth-order valence-corrected chi connectivity index (χ4v) is 2.30. The van der Waals surface area contributed by atoms with Gasteiger partial charge in [-0.05, 0) is 24.3 Å². The lowest BCUT2D eigenvalue weighted by Crippen LogP contribution is -2.36. The first-order valence-corrected chi connectivity index (χ1v) is 7.15. The molecule has 2 aromatic rings. The minimum Gasteiger partial charge on any atom is -0.484 e. The Morgan fingerprint density at radius 3 is 2.78 bits per heavy atom. The van der Waals surface area contributed by atoms with Crippen LogP contribution < -0.4 is 19.7 Å². The lowest BCUT2D eigenvalue weighted by Gasteiger charge is -2.28. The minimum absolute atomic E-state index is 0.00197. The third-order valence-electron chi connectivity index (χ3n) is 3.45. The second kappa shape index (κ2) is 6.39. The predicted octanol–water partition coefficient (Wildman–Crippen LogP) is 2.06. The van der Waals surface area contributed by atoms with E-state index < -0.39 is 0 Å². The number of hydrogen-bond acceptors (Lipinski definition) is 4. The van der Waals surface area contributed by atoms with Crippen molar-refractivity contribution in [1.82, 2.24) is 0 Å². The topological polar surface area (TPSA) is 67.9 Å². The van der Waals surface area contributed by atoms with Gasteiger partial charge in [-0.25, -0.2) is 0 Å². The standard InChI is InChI=1S/C17H16N2O4/c1-19-16(21)11-23-14-9-5-8-13(17(14)19)18-15(20)10-22-12-6-3-2-4-7-12/h2-9H,10-11H2,1H3,(H,18,20). The van der Waals surface area contributed by atoms with Crippen LogP contribution in [0.4, 0.5) is 11.4 Å². The maximum absolute atomic E-state index is 12.1. The molecule has 0 atom stereocenters. The number of carbonyl (C=O) groups is 2. The zero-order valence-corrected chi connectivity index (χ0v) is 12.6. The highest BCUT2D eigenvalue weighted by atomic mass is 16.5. The predicted molar refractivity (Wildman–Crippen MR) is 85.9 cm³/mol. The molecule has 0 bridgehead atoms. The summed E-state index contributed by atoms with van der Waals surface area (Å²) >= 11 is 0. The first-order valence-electron chi connectivity index (χ1n) is 7.15.